The molecule has 3 heteroatoms. The molecule has 0 radical (unpaired) electrons. The zero-order valence-corrected chi connectivity index (χ0v) is 13.3. The molecule has 1 saturated heterocycles. The number of nitrogens with zero attached hydrogens (tertiary/aromatic N) is 1. The first-order valence-electron chi connectivity index (χ1n) is 7.68. The van der Waals surface area contributed by atoms with Crippen LogP contribution in [0, 0.1) is 12.8 Å². The van der Waals surface area contributed by atoms with Gasteiger partial charge in [0.1, 0.15) is 5.75 Å². The molecule has 20 heavy (non-hydrogen) atoms. The largest absolute Gasteiger partial charge is 0.496 e. The first-order valence-corrected chi connectivity index (χ1v) is 7.68. The fraction of sp³-hybridized carbons (Fsp3) is 0.647. The molecule has 0 aromatic heterocycles. The van der Waals surface area contributed by atoms with Gasteiger partial charge in [-0.05, 0) is 51.9 Å². The predicted molar refractivity (Wildman–Crippen MR) is 84.4 cm³/mol. The number of rotatable bonds is 5. The monoisotopic (exact) mass is 276 g/mol. The third kappa shape index (κ3) is 3.74. The first-order chi connectivity index (χ1) is 9.63. The lowest BCUT2D eigenvalue weighted by atomic mass is 9.97. The fourth-order valence-corrected chi connectivity index (χ4v) is 2.97. The van der Waals surface area contributed by atoms with Gasteiger partial charge in [0, 0.05) is 18.2 Å². The van der Waals surface area contributed by atoms with Crippen molar-refractivity contribution in [1.29, 1.82) is 0 Å². The van der Waals surface area contributed by atoms with Crippen molar-refractivity contribution in [2.24, 2.45) is 5.92 Å². The number of nitrogens with one attached hydrogen (secondary N) is 1. The van der Waals surface area contributed by atoms with Gasteiger partial charge >= 0.3 is 0 Å². The van der Waals surface area contributed by atoms with Crippen LogP contribution in [0.5, 0.6) is 5.75 Å². The van der Waals surface area contributed by atoms with Crippen molar-refractivity contribution >= 4 is 0 Å². The second-order valence-electron chi connectivity index (χ2n) is 6.07. The Morgan fingerprint density at radius 2 is 2.05 bits per heavy atom. The summed E-state index contributed by atoms with van der Waals surface area (Å²) in [6.45, 7) is 7.98. The van der Waals surface area contributed by atoms with E-state index in [4.69, 9.17) is 4.74 Å². The third-order valence-electron chi connectivity index (χ3n) is 4.43. The van der Waals surface area contributed by atoms with E-state index < -0.39 is 0 Å². The summed E-state index contributed by atoms with van der Waals surface area (Å²) in [6, 6.07) is 6.76. The fourth-order valence-electron chi connectivity index (χ4n) is 2.97. The second-order valence-corrected chi connectivity index (χ2v) is 6.07. The number of hydrogen-bond donors (Lipinski definition) is 1. The van der Waals surface area contributed by atoms with Crippen LogP contribution in [-0.2, 0) is 0 Å². The van der Waals surface area contributed by atoms with Crippen LogP contribution < -0.4 is 10.1 Å². The maximum Gasteiger partial charge on any atom is 0.123 e. The molecule has 1 atom stereocenters. The molecule has 1 aliphatic rings. The highest BCUT2D eigenvalue weighted by Gasteiger charge is 2.21. The Hall–Kier alpha value is -1.06. The summed E-state index contributed by atoms with van der Waals surface area (Å²) in [7, 11) is 3.79. The molecule has 2 rings (SSSR count). The molecule has 1 aliphatic heterocycles. The minimum absolute atomic E-state index is 0.332. The molecule has 0 bridgehead atoms. The number of methoxy groups -OCH3 is 1. The molecule has 0 saturated carbocycles. The Balaban J connectivity index is 2.09. The maximum absolute atomic E-state index is 5.53. The van der Waals surface area contributed by atoms with Gasteiger partial charge < -0.3 is 15.0 Å². The van der Waals surface area contributed by atoms with Crippen molar-refractivity contribution in [3.05, 3.63) is 29.3 Å². The molecular weight excluding hydrogens is 248 g/mol. The standard InChI is InChI=1S/C17H28N2O/c1-13-7-9-19(10-8-13)12-16(18-3)15-11-14(2)5-6-17(15)20-4/h5-6,11,13,16,18H,7-10,12H2,1-4H3. The number of likely N-dealkylation sites (N-methyl/N-ethyl adjacent to an activating group) is 1. The van der Waals surface area contributed by atoms with Gasteiger partial charge in [-0.1, -0.05) is 24.6 Å². The van der Waals surface area contributed by atoms with Crippen molar-refractivity contribution in [3.8, 4) is 5.75 Å². The Bertz CT molecular complexity index is 425. The van der Waals surface area contributed by atoms with Crippen molar-refractivity contribution in [3.63, 3.8) is 0 Å². The van der Waals surface area contributed by atoms with Crippen LogP contribution in [0.15, 0.2) is 18.2 Å². The van der Waals surface area contributed by atoms with E-state index in [0.717, 1.165) is 18.2 Å². The van der Waals surface area contributed by atoms with E-state index in [1.165, 1.54) is 37.1 Å². The van der Waals surface area contributed by atoms with Crippen LogP contribution in [-0.4, -0.2) is 38.7 Å². The molecule has 3 nitrogen and oxygen atoms in total. The van der Waals surface area contributed by atoms with Gasteiger partial charge in [-0.3, -0.25) is 0 Å². The molecule has 1 heterocycles. The van der Waals surface area contributed by atoms with Crippen molar-refractivity contribution < 1.29 is 4.74 Å². The van der Waals surface area contributed by atoms with E-state index in [0.29, 0.717) is 6.04 Å². The molecule has 1 aromatic carbocycles. The van der Waals surface area contributed by atoms with E-state index in [1.807, 2.05) is 7.05 Å². The molecule has 0 spiro atoms. The van der Waals surface area contributed by atoms with E-state index in [2.05, 4.69) is 42.3 Å². The summed E-state index contributed by atoms with van der Waals surface area (Å²) in [5.74, 6) is 1.87. The zero-order chi connectivity index (χ0) is 14.5. The molecule has 1 N–H and O–H groups in total. The molecule has 112 valence electrons. The lowest BCUT2D eigenvalue weighted by molar-refractivity contribution is 0.176. The predicted octanol–water partition coefficient (Wildman–Crippen LogP) is 3.00. The lowest BCUT2D eigenvalue weighted by Crippen LogP contribution is -2.39. The summed E-state index contributed by atoms with van der Waals surface area (Å²) in [6.07, 6.45) is 2.64. The van der Waals surface area contributed by atoms with Gasteiger partial charge in [0.15, 0.2) is 0 Å². The van der Waals surface area contributed by atoms with E-state index in [1.54, 1.807) is 7.11 Å². The smallest absolute Gasteiger partial charge is 0.123 e. The first kappa shape index (κ1) is 15.3. The van der Waals surface area contributed by atoms with Gasteiger partial charge in [-0.15, -0.1) is 0 Å². The lowest BCUT2D eigenvalue weighted by Gasteiger charge is -2.33. The minimum Gasteiger partial charge on any atom is -0.496 e. The average molecular weight is 276 g/mol. The van der Waals surface area contributed by atoms with Gasteiger partial charge in [0.2, 0.25) is 0 Å². The second kappa shape index (κ2) is 7.09. The summed E-state index contributed by atoms with van der Waals surface area (Å²) in [5, 5.41) is 3.46. The summed E-state index contributed by atoms with van der Waals surface area (Å²) in [4.78, 5) is 2.57. The van der Waals surface area contributed by atoms with Crippen LogP contribution in [0.4, 0.5) is 0 Å². The number of likely N-dealkylation sites (tertiary alicyclic amines) is 1. The topological polar surface area (TPSA) is 24.5 Å². The van der Waals surface area contributed by atoms with Gasteiger partial charge in [-0.2, -0.15) is 0 Å². The highest BCUT2D eigenvalue weighted by molar-refractivity contribution is 5.39. The van der Waals surface area contributed by atoms with Crippen molar-refractivity contribution in [1.82, 2.24) is 10.2 Å². The zero-order valence-electron chi connectivity index (χ0n) is 13.3. The van der Waals surface area contributed by atoms with Crippen molar-refractivity contribution in [2.45, 2.75) is 32.7 Å². The number of aryl methyl sites for hydroxylation is 1. The molecule has 0 amide bonds. The Morgan fingerprint density at radius 3 is 2.65 bits per heavy atom. The summed E-state index contributed by atoms with van der Waals surface area (Å²) >= 11 is 0. The molecule has 0 aliphatic carbocycles. The molecular formula is C17H28N2O. The number of benzene rings is 1. The number of hydrogen-bond acceptors (Lipinski definition) is 3. The summed E-state index contributed by atoms with van der Waals surface area (Å²) in [5.41, 5.74) is 2.56. The van der Waals surface area contributed by atoms with E-state index in [9.17, 15) is 0 Å². The van der Waals surface area contributed by atoms with Gasteiger partial charge in [0.05, 0.1) is 7.11 Å². The number of piperidine rings is 1. The van der Waals surface area contributed by atoms with E-state index >= 15 is 0 Å². The highest BCUT2D eigenvalue weighted by Crippen LogP contribution is 2.28. The number of ether oxygens (including phenoxy) is 1. The maximum atomic E-state index is 5.53. The molecule has 1 fully saturated rings. The van der Waals surface area contributed by atoms with Crippen LogP contribution in [0.1, 0.15) is 36.9 Å². The van der Waals surface area contributed by atoms with E-state index in [-0.39, 0.29) is 0 Å². The van der Waals surface area contributed by atoms with Gasteiger partial charge in [0.25, 0.3) is 0 Å². The quantitative estimate of drug-likeness (QED) is 0.895. The molecule has 1 aromatic rings. The Kier molecular flexibility index (Phi) is 5.44. The molecule has 1 unspecified atom stereocenters. The third-order valence-corrected chi connectivity index (χ3v) is 4.43. The van der Waals surface area contributed by atoms with Gasteiger partial charge in [-0.25, -0.2) is 0 Å². The summed E-state index contributed by atoms with van der Waals surface area (Å²) < 4.78 is 5.53. The normalized spacial score (nSPS) is 19.0. The van der Waals surface area contributed by atoms with Crippen LogP contribution in [0.25, 0.3) is 0 Å². The average Bonchev–Trinajstić information content (AvgIpc) is 2.46. The Labute approximate surface area is 123 Å². The van der Waals surface area contributed by atoms with Crippen molar-refractivity contribution in [2.75, 3.05) is 33.8 Å². The highest BCUT2D eigenvalue weighted by atomic mass is 16.5. The van der Waals surface area contributed by atoms with Crippen LogP contribution in [0.3, 0.4) is 0 Å². The Morgan fingerprint density at radius 1 is 1.35 bits per heavy atom. The minimum atomic E-state index is 0.332. The van der Waals surface area contributed by atoms with Crippen LogP contribution >= 0.6 is 0 Å². The SMILES string of the molecule is CNC(CN1CCC(C)CC1)c1cc(C)ccc1OC. The van der Waals surface area contributed by atoms with Crippen LogP contribution in [0.2, 0.25) is 0 Å².